The average molecular weight is 390 g/mol. The highest BCUT2D eigenvalue weighted by molar-refractivity contribution is 6.07. The third-order valence-corrected chi connectivity index (χ3v) is 4.34. The second-order valence-electron chi connectivity index (χ2n) is 6.42. The predicted octanol–water partition coefficient (Wildman–Crippen LogP) is 4.52. The maximum Gasteiger partial charge on any atom is 0.255 e. The number of anilines is 2. The molecule has 3 rings (SSSR count). The van der Waals surface area contributed by atoms with Crippen LogP contribution in [0.5, 0.6) is 11.5 Å². The van der Waals surface area contributed by atoms with Gasteiger partial charge in [-0.2, -0.15) is 0 Å². The first-order valence-corrected chi connectivity index (χ1v) is 9.01. The van der Waals surface area contributed by atoms with E-state index in [1.807, 2.05) is 19.1 Å². The zero-order valence-electron chi connectivity index (χ0n) is 16.5. The largest absolute Gasteiger partial charge is 0.497 e. The Morgan fingerprint density at radius 3 is 2.14 bits per heavy atom. The molecule has 3 aromatic rings. The summed E-state index contributed by atoms with van der Waals surface area (Å²) in [6.45, 7) is 1.92. The average Bonchev–Trinajstić information content (AvgIpc) is 2.74. The normalized spacial score (nSPS) is 10.2. The Hall–Kier alpha value is -3.80. The van der Waals surface area contributed by atoms with Crippen LogP contribution in [-0.2, 0) is 0 Å². The van der Waals surface area contributed by atoms with Gasteiger partial charge in [0.25, 0.3) is 11.8 Å². The summed E-state index contributed by atoms with van der Waals surface area (Å²) in [7, 11) is 3.09. The van der Waals surface area contributed by atoms with Crippen LogP contribution < -0.4 is 20.1 Å². The molecule has 2 N–H and O–H groups in total. The number of carbonyl (C=O) groups is 2. The minimum Gasteiger partial charge on any atom is -0.497 e. The standard InChI is InChI=1S/C23H22N2O4/c1-15-5-4-6-17(13-15)23(27)25-20-14-18(9-12-21(20)29-3)24-22(26)16-7-10-19(28-2)11-8-16/h4-14H,1-3H3,(H,24,26)(H,25,27). The lowest BCUT2D eigenvalue weighted by Crippen LogP contribution is -2.14. The Morgan fingerprint density at radius 1 is 0.759 bits per heavy atom. The van der Waals surface area contributed by atoms with E-state index >= 15 is 0 Å². The molecule has 0 bridgehead atoms. The summed E-state index contributed by atoms with van der Waals surface area (Å²) in [5.41, 5.74) is 3.02. The van der Waals surface area contributed by atoms with E-state index in [0.29, 0.717) is 34.0 Å². The van der Waals surface area contributed by atoms with E-state index in [1.54, 1.807) is 61.7 Å². The van der Waals surface area contributed by atoms with Crippen molar-refractivity contribution in [2.75, 3.05) is 24.9 Å². The summed E-state index contributed by atoms with van der Waals surface area (Å²) in [6.07, 6.45) is 0. The van der Waals surface area contributed by atoms with E-state index in [9.17, 15) is 9.59 Å². The highest BCUT2D eigenvalue weighted by atomic mass is 16.5. The predicted molar refractivity (Wildman–Crippen MR) is 113 cm³/mol. The smallest absolute Gasteiger partial charge is 0.255 e. The molecule has 0 aliphatic heterocycles. The van der Waals surface area contributed by atoms with E-state index in [4.69, 9.17) is 9.47 Å². The van der Waals surface area contributed by atoms with Crippen molar-refractivity contribution < 1.29 is 19.1 Å². The highest BCUT2D eigenvalue weighted by Gasteiger charge is 2.13. The number of benzene rings is 3. The molecular weight excluding hydrogens is 368 g/mol. The van der Waals surface area contributed by atoms with Gasteiger partial charge in [-0.3, -0.25) is 9.59 Å². The molecule has 6 nitrogen and oxygen atoms in total. The number of carbonyl (C=O) groups excluding carboxylic acids is 2. The molecule has 0 aliphatic carbocycles. The van der Waals surface area contributed by atoms with Crippen molar-refractivity contribution in [3.8, 4) is 11.5 Å². The van der Waals surface area contributed by atoms with Crippen molar-refractivity contribution in [3.05, 3.63) is 83.4 Å². The molecule has 0 heterocycles. The second-order valence-corrected chi connectivity index (χ2v) is 6.42. The van der Waals surface area contributed by atoms with Crippen LogP contribution in [0.4, 0.5) is 11.4 Å². The molecule has 0 aliphatic rings. The lowest BCUT2D eigenvalue weighted by atomic mass is 10.1. The first-order valence-electron chi connectivity index (χ1n) is 9.01. The van der Waals surface area contributed by atoms with Crippen LogP contribution in [-0.4, -0.2) is 26.0 Å². The number of rotatable bonds is 6. The van der Waals surface area contributed by atoms with E-state index in [0.717, 1.165) is 5.56 Å². The van der Waals surface area contributed by atoms with Crippen molar-refractivity contribution in [2.24, 2.45) is 0 Å². The Morgan fingerprint density at radius 2 is 1.48 bits per heavy atom. The van der Waals surface area contributed by atoms with Gasteiger partial charge in [0, 0.05) is 16.8 Å². The van der Waals surface area contributed by atoms with Crippen LogP contribution in [0.15, 0.2) is 66.7 Å². The molecule has 0 fully saturated rings. The van der Waals surface area contributed by atoms with Gasteiger partial charge in [0.1, 0.15) is 11.5 Å². The van der Waals surface area contributed by atoms with Crippen molar-refractivity contribution in [1.29, 1.82) is 0 Å². The fraction of sp³-hybridized carbons (Fsp3) is 0.130. The van der Waals surface area contributed by atoms with E-state index in [-0.39, 0.29) is 11.8 Å². The molecule has 6 heteroatoms. The molecule has 3 aromatic carbocycles. The summed E-state index contributed by atoms with van der Waals surface area (Å²) in [5.74, 6) is 0.639. The van der Waals surface area contributed by atoms with Crippen LogP contribution >= 0.6 is 0 Å². The number of hydrogen-bond donors (Lipinski definition) is 2. The van der Waals surface area contributed by atoms with Gasteiger partial charge in [-0.05, 0) is 61.5 Å². The number of hydrogen-bond acceptors (Lipinski definition) is 4. The molecular formula is C23H22N2O4. The fourth-order valence-electron chi connectivity index (χ4n) is 2.81. The lowest BCUT2D eigenvalue weighted by molar-refractivity contribution is 0.101. The third kappa shape index (κ3) is 4.93. The molecule has 0 aromatic heterocycles. The minimum atomic E-state index is -0.270. The summed E-state index contributed by atoms with van der Waals surface area (Å²) in [5, 5.41) is 5.66. The van der Waals surface area contributed by atoms with Gasteiger partial charge >= 0.3 is 0 Å². The van der Waals surface area contributed by atoms with Crippen LogP contribution in [0, 0.1) is 6.92 Å². The quantitative estimate of drug-likeness (QED) is 0.649. The highest BCUT2D eigenvalue weighted by Crippen LogP contribution is 2.29. The van der Waals surface area contributed by atoms with Gasteiger partial charge in [0.2, 0.25) is 0 Å². The van der Waals surface area contributed by atoms with Crippen molar-refractivity contribution in [1.82, 2.24) is 0 Å². The molecule has 0 saturated heterocycles. The lowest BCUT2D eigenvalue weighted by Gasteiger charge is -2.13. The Labute approximate surface area is 169 Å². The van der Waals surface area contributed by atoms with Crippen LogP contribution in [0.25, 0.3) is 0 Å². The summed E-state index contributed by atoms with van der Waals surface area (Å²) < 4.78 is 10.4. The number of aryl methyl sites for hydroxylation is 1. The zero-order valence-corrected chi connectivity index (χ0v) is 16.5. The molecule has 0 atom stereocenters. The van der Waals surface area contributed by atoms with Gasteiger partial charge in [0.05, 0.1) is 19.9 Å². The summed E-state index contributed by atoms with van der Waals surface area (Å²) in [6, 6.07) is 19.1. The number of methoxy groups -OCH3 is 2. The first kappa shape index (κ1) is 19.9. The Kier molecular flexibility index (Phi) is 6.14. The Balaban J connectivity index is 1.79. The molecule has 0 radical (unpaired) electrons. The van der Waals surface area contributed by atoms with Crippen LogP contribution in [0.2, 0.25) is 0 Å². The summed E-state index contributed by atoms with van der Waals surface area (Å²) >= 11 is 0. The SMILES string of the molecule is COc1ccc(C(=O)Nc2ccc(OC)c(NC(=O)c3cccc(C)c3)c2)cc1. The first-order chi connectivity index (χ1) is 14.0. The number of nitrogens with one attached hydrogen (secondary N) is 2. The van der Waals surface area contributed by atoms with Crippen LogP contribution in [0.1, 0.15) is 26.3 Å². The van der Waals surface area contributed by atoms with Crippen LogP contribution in [0.3, 0.4) is 0 Å². The number of ether oxygens (including phenoxy) is 2. The molecule has 29 heavy (non-hydrogen) atoms. The molecule has 148 valence electrons. The summed E-state index contributed by atoms with van der Waals surface area (Å²) in [4.78, 5) is 25.1. The van der Waals surface area contributed by atoms with Gasteiger partial charge < -0.3 is 20.1 Å². The van der Waals surface area contributed by atoms with Crippen molar-refractivity contribution >= 4 is 23.2 Å². The topological polar surface area (TPSA) is 76.7 Å². The Bertz CT molecular complexity index is 1030. The molecule has 0 unspecified atom stereocenters. The molecule has 2 amide bonds. The maximum absolute atomic E-state index is 12.6. The van der Waals surface area contributed by atoms with Gasteiger partial charge in [-0.15, -0.1) is 0 Å². The molecule has 0 spiro atoms. The van der Waals surface area contributed by atoms with Crippen molar-refractivity contribution in [2.45, 2.75) is 6.92 Å². The van der Waals surface area contributed by atoms with E-state index in [2.05, 4.69) is 10.6 Å². The van der Waals surface area contributed by atoms with Gasteiger partial charge in [-0.1, -0.05) is 17.7 Å². The monoisotopic (exact) mass is 390 g/mol. The maximum atomic E-state index is 12.6. The minimum absolute atomic E-state index is 0.259. The van der Waals surface area contributed by atoms with Gasteiger partial charge in [-0.25, -0.2) is 0 Å². The third-order valence-electron chi connectivity index (χ3n) is 4.34. The number of amides is 2. The fourth-order valence-corrected chi connectivity index (χ4v) is 2.81. The molecule has 0 saturated carbocycles. The van der Waals surface area contributed by atoms with E-state index in [1.165, 1.54) is 7.11 Å². The van der Waals surface area contributed by atoms with Gasteiger partial charge in [0.15, 0.2) is 0 Å². The van der Waals surface area contributed by atoms with Crippen molar-refractivity contribution in [3.63, 3.8) is 0 Å². The zero-order chi connectivity index (χ0) is 20.8. The second kappa shape index (κ2) is 8.93. The van der Waals surface area contributed by atoms with E-state index < -0.39 is 0 Å².